The molecule has 1 heterocycles. The van der Waals surface area contributed by atoms with E-state index in [9.17, 15) is 9.59 Å². The van der Waals surface area contributed by atoms with E-state index in [1.807, 2.05) is 37.3 Å². The standard InChI is InChI=1S/C19H24N4O2/c1-13-9-10-14-5-3-8-16(17(14)22-13)23-19(25)21-12-4-11-20-18(24)15-6-2-7-15/h3,5,8-10,15H,2,4,6-7,11-12H2,1H3,(H,20,24)(H2,21,23,25). The Morgan fingerprint density at radius 3 is 2.68 bits per heavy atom. The van der Waals surface area contributed by atoms with Gasteiger partial charge in [-0.3, -0.25) is 9.78 Å². The molecular formula is C19H24N4O2. The monoisotopic (exact) mass is 340 g/mol. The van der Waals surface area contributed by atoms with Crippen LogP contribution >= 0.6 is 0 Å². The highest BCUT2D eigenvalue weighted by Crippen LogP contribution is 2.26. The number of urea groups is 1. The van der Waals surface area contributed by atoms with E-state index in [2.05, 4.69) is 20.9 Å². The Hall–Kier alpha value is -2.63. The van der Waals surface area contributed by atoms with Crippen molar-refractivity contribution in [2.45, 2.75) is 32.6 Å². The van der Waals surface area contributed by atoms with Gasteiger partial charge in [0.1, 0.15) is 0 Å². The molecule has 6 heteroatoms. The molecule has 0 aliphatic heterocycles. The number of para-hydroxylation sites is 1. The van der Waals surface area contributed by atoms with Crippen LogP contribution in [0, 0.1) is 12.8 Å². The number of hydrogen-bond donors (Lipinski definition) is 3. The largest absolute Gasteiger partial charge is 0.356 e. The second-order valence-corrected chi connectivity index (χ2v) is 6.48. The number of amides is 3. The van der Waals surface area contributed by atoms with E-state index < -0.39 is 0 Å². The molecule has 3 rings (SSSR count). The molecule has 1 aliphatic carbocycles. The summed E-state index contributed by atoms with van der Waals surface area (Å²) < 4.78 is 0. The molecule has 1 saturated carbocycles. The van der Waals surface area contributed by atoms with Crippen molar-refractivity contribution in [2.24, 2.45) is 5.92 Å². The highest BCUT2D eigenvalue weighted by atomic mass is 16.2. The molecule has 0 saturated heterocycles. The van der Waals surface area contributed by atoms with Crippen molar-refractivity contribution in [3.8, 4) is 0 Å². The van der Waals surface area contributed by atoms with Crippen LogP contribution in [0.15, 0.2) is 30.3 Å². The van der Waals surface area contributed by atoms with Crippen molar-refractivity contribution in [1.82, 2.24) is 15.6 Å². The molecule has 0 radical (unpaired) electrons. The summed E-state index contributed by atoms with van der Waals surface area (Å²) in [5, 5.41) is 9.57. The molecule has 0 unspecified atom stereocenters. The van der Waals surface area contributed by atoms with Gasteiger partial charge in [-0.1, -0.05) is 24.6 Å². The molecule has 2 aromatic rings. The first-order chi connectivity index (χ1) is 12.1. The van der Waals surface area contributed by atoms with Gasteiger partial charge in [0.2, 0.25) is 5.91 Å². The quantitative estimate of drug-likeness (QED) is 0.707. The number of rotatable bonds is 6. The molecule has 25 heavy (non-hydrogen) atoms. The maximum absolute atomic E-state index is 12.1. The van der Waals surface area contributed by atoms with Crippen LogP contribution in [-0.4, -0.2) is 30.0 Å². The Morgan fingerprint density at radius 2 is 1.92 bits per heavy atom. The van der Waals surface area contributed by atoms with Gasteiger partial charge < -0.3 is 16.0 Å². The molecule has 0 spiro atoms. The molecule has 0 bridgehead atoms. The molecule has 1 fully saturated rings. The highest BCUT2D eigenvalue weighted by molar-refractivity contribution is 5.99. The Labute approximate surface area is 147 Å². The normalized spacial score (nSPS) is 14.0. The Morgan fingerprint density at radius 1 is 1.12 bits per heavy atom. The molecule has 1 aliphatic rings. The summed E-state index contributed by atoms with van der Waals surface area (Å²) in [6, 6.07) is 9.38. The number of nitrogens with one attached hydrogen (secondary N) is 3. The zero-order valence-electron chi connectivity index (χ0n) is 14.5. The number of aryl methyl sites for hydroxylation is 1. The summed E-state index contributed by atoms with van der Waals surface area (Å²) in [6.07, 6.45) is 3.87. The fourth-order valence-corrected chi connectivity index (χ4v) is 2.83. The van der Waals surface area contributed by atoms with Crippen molar-refractivity contribution in [1.29, 1.82) is 0 Å². The highest BCUT2D eigenvalue weighted by Gasteiger charge is 2.24. The molecular weight excluding hydrogens is 316 g/mol. The van der Waals surface area contributed by atoms with Crippen molar-refractivity contribution in [2.75, 3.05) is 18.4 Å². The van der Waals surface area contributed by atoms with Crippen molar-refractivity contribution >= 4 is 28.5 Å². The van der Waals surface area contributed by atoms with E-state index in [1.54, 1.807) is 0 Å². The Kier molecular flexibility index (Phi) is 5.48. The van der Waals surface area contributed by atoms with Crippen LogP contribution in [0.5, 0.6) is 0 Å². The number of fused-ring (bicyclic) bond motifs is 1. The van der Waals surface area contributed by atoms with E-state index in [0.717, 1.165) is 35.9 Å². The summed E-state index contributed by atoms with van der Waals surface area (Å²) in [5.74, 6) is 0.353. The third-order valence-corrected chi connectivity index (χ3v) is 4.52. The van der Waals surface area contributed by atoms with E-state index in [4.69, 9.17) is 0 Å². The minimum Gasteiger partial charge on any atom is -0.356 e. The van der Waals surface area contributed by atoms with Crippen LogP contribution < -0.4 is 16.0 Å². The zero-order valence-corrected chi connectivity index (χ0v) is 14.5. The first kappa shape index (κ1) is 17.2. The second-order valence-electron chi connectivity index (χ2n) is 6.48. The Bertz CT molecular complexity index is 771. The average molecular weight is 340 g/mol. The van der Waals surface area contributed by atoms with Gasteiger partial charge in [0.25, 0.3) is 0 Å². The molecule has 0 atom stereocenters. The van der Waals surface area contributed by atoms with Crippen molar-refractivity contribution < 1.29 is 9.59 Å². The van der Waals surface area contributed by atoms with Crippen LogP contribution in [0.2, 0.25) is 0 Å². The van der Waals surface area contributed by atoms with Gasteiger partial charge in [0.15, 0.2) is 0 Å². The maximum atomic E-state index is 12.1. The first-order valence-corrected chi connectivity index (χ1v) is 8.82. The fraction of sp³-hybridized carbons (Fsp3) is 0.421. The van der Waals surface area contributed by atoms with Gasteiger partial charge >= 0.3 is 6.03 Å². The minimum atomic E-state index is -0.263. The third-order valence-electron chi connectivity index (χ3n) is 4.52. The predicted octanol–water partition coefficient (Wildman–Crippen LogP) is 2.97. The lowest BCUT2D eigenvalue weighted by atomic mass is 9.85. The number of aromatic nitrogens is 1. The average Bonchev–Trinajstić information content (AvgIpc) is 2.53. The molecule has 3 N–H and O–H groups in total. The van der Waals surface area contributed by atoms with E-state index in [1.165, 1.54) is 0 Å². The third kappa shape index (κ3) is 4.47. The lowest BCUT2D eigenvalue weighted by Crippen LogP contribution is -2.36. The molecule has 6 nitrogen and oxygen atoms in total. The number of carbonyl (C=O) groups is 2. The number of benzene rings is 1. The number of pyridine rings is 1. The summed E-state index contributed by atoms with van der Waals surface area (Å²) in [5.41, 5.74) is 2.38. The minimum absolute atomic E-state index is 0.146. The van der Waals surface area contributed by atoms with Gasteiger partial charge in [-0.2, -0.15) is 0 Å². The van der Waals surface area contributed by atoms with Gasteiger partial charge in [0.05, 0.1) is 11.2 Å². The number of nitrogens with zero attached hydrogens (tertiary/aromatic N) is 1. The SMILES string of the molecule is Cc1ccc2cccc(NC(=O)NCCCNC(=O)C3CCC3)c2n1. The van der Waals surface area contributed by atoms with Crippen LogP contribution in [-0.2, 0) is 4.79 Å². The fourth-order valence-electron chi connectivity index (χ4n) is 2.83. The van der Waals surface area contributed by atoms with Crippen molar-refractivity contribution in [3.63, 3.8) is 0 Å². The second kappa shape index (κ2) is 7.96. The zero-order chi connectivity index (χ0) is 17.6. The molecule has 1 aromatic heterocycles. The molecule has 3 amide bonds. The lowest BCUT2D eigenvalue weighted by Gasteiger charge is -2.24. The topological polar surface area (TPSA) is 83.1 Å². The lowest BCUT2D eigenvalue weighted by molar-refractivity contribution is -0.127. The van der Waals surface area contributed by atoms with Crippen LogP contribution in [0.4, 0.5) is 10.5 Å². The maximum Gasteiger partial charge on any atom is 0.319 e. The predicted molar refractivity (Wildman–Crippen MR) is 98.5 cm³/mol. The summed E-state index contributed by atoms with van der Waals surface area (Å²) in [4.78, 5) is 28.3. The van der Waals surface area contributed by atoms with Gasteiger partial charge in [0, 0.05) is 30.1 Å². The number of anilines is 1. The number of carbonyl (C=O) groups excluding carboxylic acids is 2. The van der Waals surface area contributed by atoms with E-state index >= 15 is 0 Å². The smallest absolute Gasteiger partial charge is 0.319 e. The van der Waals surface area contributed by atoms with Gasteiger partial charge in [-0.25, -0.2) is 4.79 Å². The summed E-state index contributed by atoms with van der Waals surface area (Å²) in [7, 11) is 0. The van der Waals surface area contributed by atoms with Gasteiger partial charge in [-0.05, 0) is 38.3 Å². The van der Waals surface area contributed by atoms with Crippen molar-refractivity contribution in [3.05, 3.63) is 36.0 Å². The van der Waals surface area contributed by atoms with E-state index in [0.29, 0.717) is 25.2 Å². The number of hydrogen-bond acceptors (Lipinski definition) is 3. The Balaban J connectivity index is 1.43. The molecule has 132 valence electrons. The summed E-state index contributed by atoms with van der Waals surface area (Å²) >= 11 is 0. The van der Waals surface area contributed by atoms with Crippen LogP contribution in [0.1, 0.15) is 31.4 Å². The van der Waals surface area contributed by atoms with Crippen LogP contribution in [0.25, 0.3) is 10.9 Å². The first-order valence-electron chi connectivity index (χ1n) is 8.82. The molecule has 1 aromatic carbocycles. The van der Waals surface area contributed by atoms with Crippen LogP contribution in [0.3, 0.4) is 0 Å². The van der Waals surface area contributed by atoms with E-state index in [-0.39, 0.29) is 17.9 Å². The van der Waals surface area contributed by atoms with Gasteiger partial charge in [-0.15, -0.1) is 0 Å². The summed E-state index contributed by atoms with van der Waals surface area (Å²) in [6.45, 7) is 3.02.